The zero-order valence-corrected chi connectivity index (χ0v) is 17.9. The van der Waals surface area contributed by atoms with Crippen LogP contribution in [-0.4, -0.2) is 24.1 Å². The minimum absolute atomic E-state index is 0.0405. The van der Waals surface area contributed by atoms with Crippen LogP contribution in [0.1, 0.15) is 23.3 Å². The number of para-hydroxylation sites is 1. The second-order valence-electron chi connectivity index (χ2n) is 7.22. The molecule has 2 heterocycles. The number of carbonyl (C=O) groups is 2. The summed E-state index contributed by atoms with van der Waals surface area (Å²) < 4.78 is 10.9. The maximum atomic E-state index is 12.4. The van der Waals surface area contributed by atoms with Gasteiger partial charge in [0.1, 0.15) is 12.4 Å². The molecule has 0 fully saturated rings. The van der Waals surface area contributed by atoms with E-state index in [0.29, 0.717) is 32.1 Å². The monoisotopic (exact) mass is 436 g/mol. The Morgan fingerprint density at radius 2 is 1.94 bits per heavy atom. The molecular weight excluding hydrogens is 412 g/mol. The molecule has 0 atom stereocenters. The lowest BCUT2D eigenvalue weighted by Crippen LogP contribution is -2.38. The molecule has 160 valence electrons. The van der Waals surface area contributed by atoms with E-state index < -0.39 is 0 Å². The Morgan fingerprint density at radius 1 is 1.06 bits per heavy atom. The van der Waals surface area contributed by atoms with Crippen molar-refractivity contribution < 1.29 is 18.7 Å². The standard InChI is InChI=1S/C24H24N2O4S/c27-23(10-11-26-21-8-1-2-9-22(21)31-17-24(26)28)25-14-18-5-3-6-19(13-18)15-29-16-20-7-4-12-30-20/h1-9,12-13H,10-11,14-17H2,(H,25,27). The van der Waals surface area contributed by atoms with Gasteiger partial charge in [-0.15, -0.1) is 11.8 Å². The molecule has 1 aromatic heterocycles. The lowest BCUT2D eigenvalue weighted by Gasteiger charge is -2.28. The summed E-state index contributed by atoms with van der Waals surface area (Å²) in [6, 6.07) is 19.4. The fourth-order valence-electron chi connectivity index (χ4n) is 3.40. The van der Waals surface area contributed by atoms with Crippen molar-refractivity contribution in [2.45, 2.75) is 31.1 Å². The number of hydrogen-bond donors (Lipinski definition) is 1. The Morgan fingerprint density at radius 3 is 2.81 bits per heavy atom. The number of hydrogen-bond acceptors (Lipinski definition) is 5. The highest BCUT2D eigenvalue weighted by Crippen LogP contribution is 2.34. The van der Waals surface area contributed by atoms with Crippen LogP contribution in [0, 0.1) is 0 Å². The predicted molar refractivity (Wildman–Crippen MR) is 120 cm³/mol. The summed E-state index contributed by atoms with van der Waals surface area (Å²) in [6.07, 6.45) is 1.89. The Hall–Kier alpha value is -3.03. The van der Waals surface area contributed by atoms with Crippen molar-refractivity contribution in [1.29, 1.82) is 0 Å². The van der Waals surface area contributed by atoms with Gasteiger partial charge in [-0.05, 0) is 35.4 Å². The van der Waals surface area contributed by atoms with E-state index in [0.717, 1.165) is 27.5 Å². The molecule has 0 saturated heterocycles. The molecule has 4 rings (SSSR count). The van der Waals surface area contributed by atoms with Gasteiger partial charge in [0, 0.05) is 24.4 Å². The van der Waals surface area contributed by atoms with E-state index in [1.54, 1.807) is 22.9 Å². The van der Waals surface area contributed by atoms with E-state index in [9.17, 15) is 9.59 Å². The van der Waals surface area contributed by atoms with Gasteiger partial charge in [0.2, 0.25) is 11.8 Å². The minimum atomic E-state index is -0.0806. The van der Waals surface area contributed by atoms with Crippen molar-refractivity contribution in [3.05, 3.63) is 83.8 Å². The number of fused-ring (bicyclic) bond motifs is 1. The molecule has 1 aliphatic heterocycles. The van der Waals surface area contributed by atoms with Crippen molar-refractivity contribution in [2.24, 2.45) is 0 Å². The lowest BCUT2D eigenvalue weighted by molar-refractivity contribution is -0.121. The molecule has 3 aromatic rings. The van der Waals surface area contributed by atoms with E-state index in [4.69, 9.17) is 9.15 Å². The predicted octanol–water partition coefficient (Wildman–Crippen LogP) is 4.14. The van der Waals surface area contributed by atoms with Gasteiger partial charge in [-0.2, -0.15) is 0 Å². The molecule has 1 aliphatic rings. The third-order valence-corrected chi connectivity index (χ3v) is 5.99. The van der Waals surface area contributed by atoms with E-state index in [1.165, 1.54) is 0 Å². The molecule has 7 heteroatoms. The van der Waals surface area contributed by atoms with Gasteiger partial charge in [-0.1, -0.05) is 36.4 Å². The molecule has 0 saturated carbocycles. The van der Waals surface area contributed by atoms with E-state index in [1.807, 2.05) is 60.7 Å². The van der Waals surface area contributed by atoms with E-state index >= 15 is 0 Å². The Labute approximate surface area is 185 Å². The highest BCUT2D eigenvalue weighted by atomic mass is 32.2. The van der Waals surface area contributed by atoms with E-state index in [-0.39, 0.29) is 18.2 Å². The molecule has 6 nitrogen and oxygen atoms in total. The second-order valence-corrected chi connectivity index (χ2v) is 8.24. The maximum absolute atomic E-state index is 12.4. The summed E-state index contributed by atoms with van der Waals surface area (Å²) in [5.41, 5.74) is 2.92. The van der Waals surface area contributed by atoms with Crippen LogP contribution < -0.4 is 10.2 Å². The van der Waals surface area contributed by atoms with Gasteiger partial charge in [0.25, 0.3) is 0 Å². The number of furan rings is 1. The number of anilines is 1. The fraction of sp³-hybridized carbons (Fsp3) is 0.250. The molecule has 0 spiro atoms. The first-order valence-electron chi connectivity index (χ1n) is 10.2. The van der Waals surface area contributed by atoms with Gasteiger partial charge >= 0.3 is 0 Å². The number of benzene rings is 2. The van der Waals surface area contributed by atoms with Crippen LogP contribution in [0.25, 0.3) is 0 Å². The molecule has 2 amide bonds. The third kappa shape index (κ3) is 5.77. The summed E-state index contributed by atoms with van der Waals surface area (Å²) in [4.78, 5) is 27.5. The summed E-state index contributed by atoms with van der Waals surface area (Å²) in [7, 11) is 0. The van der Waals surface area contributed by atoms with Crippen LogP contribution in [0.4, 0.5) is 5.69 Å². The number of amides is 2. The highest BCUT2D eigenvalue weighted by Gasteiger charge is 2.24. The molecule has 2 aromatic carbocycles. The Bertz CT molecular complexity index is 1040. The van der Waals surface area contributed by atoms with Gasteiger partial charge < -0.3 is 19.4 Å². The van der Waals surface area contributed by atoms with Crippen LogP contribution in [0.5, 0.6) is 0 Å². The zero-order chi connectivity index (χ0) is 21.5. The first-order chi connectivity index (χ1) is 15.2. The largest absolute Gasteiger partial charge is 0.467 e. The van der Waals surface area contributed by atoms with Gasteiger partial charge in [-0.3, -0.25) is 9.59 Å². The minimum Gasteiger partial charge on any atom is -0.467 e. The van der Waals surface area contributed by atoms with Gasteiger partial charge in [-0.25, -0.2) is 0 Å². The number of thioether (sulfide) groups is 1. The summed E-state index contributed by atoms with van der Waals surface area (Å²) in [6.45, 7) is 1.70. The summed E-state index contributed by atoms with van der Waals surface area (Å²) in [5, 5.41) is 2.95. The lowest BCUT2D eigenvalue weighted by atomic mass is 10.1. The molecule has 0 bridgehead atoms. The maximum Gasteiger partial charge on any atom is 0.237 e. The number of ether oxygens (including phenoxy) is 1. The fourth-order valence-corrected chi connectivity index (χ4v) is 4.33. The molecule has 0 aliphatic carbocycles. The molecular formula is C24H24N2O4S. The van der Waals surface area contributed by atoms with Crippen LogP contribution >= 0.6 is 11.8 Å². The van der Waals surface area contributed by atoms with Crippen LogP contribution in [-0.2, 0) is 34.1 Å². The van der Waals surface area contributed by atoms with Crippen LogP contribution in [0.3, 0.4) is 0 Å². The Balaban J connectivity index is 1.24. The number of nitrogens with one attached hydrogen (secondary N) is 1. The number of nitrogens with zero attached hydrogens (tertiary/aromatic N) is 1. The first kappa shape index (κ1) is 21.2. The third-order valence-electron chi connectivity index (χ3n) is 4.94. The van der Waals surface area contributed by atoms with Crippen molar-refractivity contribution in [3.8, 4) is 0 Å². The molecule has 0 unspecified atom stereocenters. The average molecular weight is 437 g/mol. The number of rotatable bonds is 9. The first-order valence-corrected chi connectivity index (χ1v) is 11.1. The topological polar surface area (TPSA) is 71.8 Å². The smallest absolute Gasteiger partial charge is 0.237 e. The molecule has 31 heavy (non-hydrogen) atoms. The second kappa shape index (κ2) is 10.3. The zero-order valence-electron chi connectivity index (χ0n) is 17.1. The highest BCUT2D eigenvalue weighted by molar-refractivity contribution is 8.00. The average Bonchev–Trinajstić information content (AvgIpc) is 3.31. The molecule has 1 N–H and O–H groups in total. The van der Waals surface area contributed by atoms with Crippen molar-refractivity contribution >= 4 is 29.3 Å². The van der Waals surface area contributed by atoms with Gasteiger partial charge in [0.05, 0.1) is 24.3 Å². The van der Waals surface area contributed by atoms with Crippen molar-refractivity contribution in [1.82, 2.24) is 5.32 Å². The van der Waals surface area contributed by atoms with Crippen LogP contribution in [0.2, 0.25) is 0 Å². The number of carbonyl (C=O) groups excluding carboxylic acids is 2. The van der Waals surface area contributed by atoms with Crippen molar-refractivity contribution in [2.75, 3.05) is 17.2 Å². The van der Waals surface area contributed by atoms with Crippen LogP contribution in [0.15, 0.2) is 76.2 Å². The van der Waals surface area contributed by atoms with E-state index in [2.05, 4.69) is 5.32 Å². The van der Waals surface area contributed by atoms with Gasteiger partial charge in [0.15, 0.2) is 0 Å². The SMILES string of the molecule is O=C(CCN1C(=O)CSc2ccccc21)NCc1cccc(COCc2ccco2)c1. The summed E-state index contributed by atoms with van der Waals surface area (Å²) in [5.74, 6) is 1.16. The van der Waals surface area contributed by atoms with Crippen molar-refractivity contribution in [3.63, 3.8) is 0 Å². The Kier molecular flexibility index (Phi) is 7.07. The summed E-state index contributed by atoms with van der Waals surface area (Å²) >= 11 is 1.54. The molecule has 0 radical (unpaired) electrons. The normalized spacial score (nSPS) is 13.2. The quantitative estimate of drug-likeness (QED) is 0.546.